The summed E-state index contributed by atoms with van der Waals surface area (Å²) in [7, 11) is 0. The number of nitrogens with zero attached hydrogens (tertiary/aromatic N) is 4. The number of amides is 1. The van der Waals surface area contributed by atoms with Crippen molar-refractivity contribution in [2.45, 2.75) is 13.3 Å². The van der Waals surface area contributed by atoms with Crippen LogP contribution in [0.4, 0.5) is 5.69 Å². The number of nitrogens with one attached hydrogen (secondary N) is 1. The molecule has 2 aromatic carbocycles. The quantitative estimate of drug-likeness (QED) is 0.461. The van der Waals surface area contributed by atoms with Gasteiger partial charge >= 0.3 is 0 Å². The summed E-state index contributed by atoms with van der Waals surface area (Å²) in [6.45, 7) is 1.84. The molecule has 0 radical (unpaired) electrons. The van der Waals surface area contributed by atoms with Crippen LogP contribution in [-0.4, -0.2) is 32.3 Å². The number of ether oxygens (including phenoxy) is 1. The lowest BCUT2D eigenvalue weighted by atomic mass is 10.2. The van der Waals surface area contributed by atoms with Crippen molar-refractivity contribution in [3.05, 3.63) is 58.3 Å². The average Bonchev–Trinajstić information content (AvgIpc) is 3.28. The lowest BCUT2D eigenvalue weighted by Gasteiger charge is -2.09. The first-order valence-corrected chi connectivity index (χ1v) is 10.3. The highest BCUT2D eigenvalue weighted by Crippen LogP contribution is 2.28. The molecule has 0 saturated heterocycles. The third kappa shape index (κ3) is 4.34. The second-order valence-corrected chi connectivity index (χ2v) is 7.86. The van der Waals surface area contributed by atoms with Gasteiger partial charge in [0.05, 0.1) is 5.02 Å². The second kappa shape index (κ2) is 8.36. The van der Waals surface area contributed by atoms with Gasteiger partial charge in [-0.25, -0.2) is 0 Å². The van der Waals surface area contributed by atoms with E-state index in [2.05, 4.69) is 20.6 Å². The molecule has 0 bridgehead atoms. The first-order valence-electron chi connectivity index (χ1n) is 8.72. The van der Waals surface area contributed by atoms with E-state index in [1.807, 2.05) is 31.2 Å². The molecule has 1 N–H and O–H groups in total. The number of rotatable bonds is 6. The fourth-order valence-corrected chi connectivity index (χ4v) is 3.95. The number of aryl methyl sites for hydroxylation is 1. The molecule has 2 heterocycles. The van der Waals surface area contributed by atoms with Crippen molar-refractivity contribution in [1.29, 1.82) is 0 Å². The highest BCUT2D eigenvalue weighted by molar-refractivity contribution is 7.19. The van der Waals surface area contributed by atoms with Crippen molar-refractivity contribution in [2.24, 2.45) is 0 Å². The molecule has 1 amide bonds. The number of carbonyl (C=O) groups is 1. The summed E-state index contributed by atoms with van der Waals surface area (Å²) in [6.07, 6.45) is 0.763. The zero-order chi connectivity index (χ0) is 20.4. The van der Waals surface area contributed by atoms with Gasteiger partial charge in [-0.15, -0.1) is 10.2 Å². The first kappa shape index (κ1) is 19.6. The summed E-state index contributed by atoms with van der Waals surface area (Å²) in [6, 6.07) is 12.2. The molecule has 0 aliphatic carbocycles. The number of fused-ring (bicyclic) bond motifs is 1. The Balaban J connectivity index is 1.39. The molecule has 0 spiro atoms. The Labute approximate surface area is 180 Å². The van der Waals surface area contributed by atoms with Gasteiger partial charge in [0.15, 0.2) is 12.4 Å². The molecule has 2 aromatic heterocycles. The molecule has 0 saturated carbocycles. The van der Waals surface area contributed by atoms with E-state index in [1.165, 1.54) is 11.3 Å². The molecule has 10 heteroatoms. The van der Waals surface area contributed by atoms with E-state index in [4.69, 9.17) is 27.9 Å². The van der Waals surface area contributed by atoms with Gasteiger partial charge in [-0.3, -0.25) is 4.79 Å². The highest BCUT2D eigenvalue weighted by atomic mass is 35.5. The zero-order valence-corrected chi connectivity index (χ0v) is 17.6. The van der Waals surface area contributed by atoms with E-state index >= 15 is 0 Å². The molecule has 148 valence electrons. The molecule has 4 rings (SSSR count). The fraction of sp³-hybridized carbons (Fsp3) is 0.158. The number of hydrogen-bond acceptors (Lipinski definition) is 6. The standard InChI is InChI=1S/C19H15Cl2N5O2S/c1-2-16-23-24-19-26(16)25-18(29-19)11-3-6-13(7-4-11)22-17(27)10-28-15-8-5-12(20)9-14(15)21/h3-9H,2,10H2,1H3,(H,22,27). The van der Waals surface area contributed by atoms with Crippen LogP contribution < -0.4 is 10.1 Å². The minimum Gasteiger partial charge on any atom is -0.482 e. The lowest BCUT2D eigenvalue weighted by molar-refractivity contribution is -0.118. The van der Waals surface area contributed by atoms with E-state index in [0.29, 0.717) is 21.5 Å². The monoisotopic (exact) mass is 447 g/mol. The van der Waals surface area contributed by atoms with E-state index in [0.717, 1.165) is 27.8 Å². The highest BCUT2D eigenvalue weighted by Gasteiger charge is 2.12. The van der Waals surface area contributed by atoms with Gasteiger partial charge in [0.1, 0.15) is 10.8 Å². The number of anilines is 1. The maximum absolute atomic E-state index is 12.1. The molecule has 0 aliphatic heterocycles. The van der Waals surface area contributed by atoms with Crippen molar-refractivity contribution < 1.29 is 9.53 Å². The minimum absolute atomic E-state index is 0.167. The predicted octanol–water partition coefficient (Wildman–Crippen LogP) is 4.74. The van der Waals surface area contributed by atoms with E-state index in [-0.39, 0.29) is 12.5 Å². The molecular weight excluding hydrogens is 433 g/mol. The maximum atomic E-state index is 12.1. The largest absolute Gasteiger partial charge is 0.482 e. The summed E-state index contributed by atoms with van der Waals surface area (Å²) in [4.78, 5) is 12.9. The predicted molar refractivity (Wildman–Crippen MR) is 114 cm³/mol. The van der Waals surface area contributed by atoms with Crippen molar-refractivity contribution >= 4 is 51.1 Å². The average molecular weight is 448 g/mol. The van der Waals surface area contributed by atoms with Crippen LogP contribution in [0.25, 0.3) is 15.5 Å². The van der Waals surface area contributed by atoms with Gasteiger partial charge in [-0.05, 0) is 42.5 Å². The number of halogens is 2. The van der Waals surface area contributed by atoms with Gasteiger partial charge in [0.2, 0.25) is 4.96 Å². The summed E-state index contributed by atoms with van der Waals surface area (Å²) >= 11 is 13.3. The second-order valence-electron chi connectivity index (χ2n) is 6.06. The summed E-state index contributed by atoms with van der Waals surface area (Å²) in [5, 5.41) is 17.3. The normalized spacial score (nSPS) is 11.0. The topological polar surface area (TPSA) is 81.4 Å². The molecule has 29 heavy (non-hydrogen) atoms. The van der Waals surface area contributed by atoms with Gasteiger partial charge < -0.3 is 10.1 Å². The Morgan fingerprint density at radius 1 is 1.17 bits per heavy atom. The Morgan fingerprint density at radius 3 is 2.69 bits per heavy atom. The zero-order valence-electron chi connectivity index (χ0n) is 15.2. The Kier molecular flexibility index (Phi) is 5.66. The Bertz CT molecular complexity index is 1170. The van der Waals surface area contributed by atoms with Crippen LogP contribution in [0.15, 0.2) is 42.5 Å². The molecule has 0 fully saturated rings. The smallest absolute Gasteiger partial charge is 0.262 e. The van der Waals surface area contributed by atoms with Crippen LogP contribution in [0, 0.1) is 0 Å². The van der Waals surface area contributed by atoms with E-state index in [9.17, 15) is 4.79 Å². The van der Waals surface area contributed by atoms with Crippen molar-refractivity contribution in [3.63, 3.8) is 0 Å². The van der Waals surface area contributed by atoms with Gasteiger partial charge in [-0.1, -0.05) is 41.5 Å². The number of aromatic nitrogens is 4. The van der Waals surface area contributed by atoms with E-state index in [1.54, 1.807) is 22.7 Å². The summed E-state index contributed by atoms with van der Waals surface area (Å²) < 4.78 is 7.20. The molecular formula is C19H15Cl2N5O2S. The van der Waals surface area contributed by atoms with Crippen LogP contribution in [0.2, 0.25) is 10.0 Å². The number of carbonyl (C=O) groups excluding carboxylic acids is 1. The molecule has 0 unspecified atom stereocenters. The third-order valence-electron chi connectivity index (χ3n) is 4.04. The molecule has 0 atom stereocenters. The van der Waals surface area contributed by atoms with Crippen LogP contribution >= 0.6 is 34.5 Å². The minimum atomic E-state index is -0.296. The van der Waals surface area contributed by atoms with Gasteiger partial charge in [-0.2, -0.15) is 9.61 Å². The van der Waals surface area contributed by atoms with Crippen molar-refractivity contribution in [1.82, 2.24) is 19.8 Å². The molecule has 0 aliphatic rings. The third-order valence-corrected chi connectivity index (χ3v) is 5.52. The van der Waals surface area contributed by atoms with Crippen LogP contribution in [0.5, 0.6) is 5.75 Å². The number of benzene rings is 2. The van der Waals surface area contributed by atoms with Crippen LogP contribution in [0.1, 0.15) is 12.7 Å². The van der Waals surface area contributed by atoms with E-state index < -0.39 is 0 Å². The molecule has 4 aromatic rings. The summed E-state index contributed by atoms with van der Waals surface area (Å²) in [5.74, 6) is 0.929. The molecule has 7 nitrogen and oxygen atoms in total. The fourth-order valence-electron chi connectivity index (χ4n) is 2.62. The summed E-state index contributed by atoms with van der Waals surface area (Å²) in [5.41, 5.74) is 1.59. The van der Waals surface area contributed by atoms with Gasteiger partial charge in [0, 0.05) is 22.7 Å². The SMILES string of the molecule is CCc1nnc2sc(-c3ccc(NC(=O)COc4ccc(Cl)cc4Cl)cc3)nn12. The van der Waals surface area contributed by atoms with Crippen molar-refractivity contribution in [2.75, 3.05) is 11.9 Å². The van der Waals surface area contributed by atoms with Crippen LogP contribution in [-0.2, 0) is 11.2 Å². The Morgan fingerprint density at radius 2 is 1.97 bits per heavy atom. The maximum Gasteiger partial charge on any atom is 0.262 e. The lowest BCUT2D eigenvalue weighted by Crippen LogP contribution is -2.20. The van der Waals surface area contributed by atoms with Gasteiger partial charge in [0.25, 0.3) is 5.91 Å². The number of hydrogen-bond donors (Lipinski definition) is 1. The van der Waals surface area contributed by atoms with Crippen LogP contribution in [0.3, 0.4) is 0 Å². The first-order chi connectivity index (χ1) is 14.0. The Hall–Kier alpha value is -2.68. The van der Waals surface area contributed by atoms with Crippen molar-refractivity contribution in [3.8, 4) is 16.3 Å².